The van der Waals surface area contributed by atoms with E-state index in [1.165, 1.54) is 18.3 Å². The van der Waals surface area contributed by atoms with E-state index in [1.807, 2.05) is 18.2 Å². The molecule has 3 aromatic carbocycles. The van der Waals surface area contributed by atoms with Crippen molar-refractivity contribution in [3.8, 4) is 5.75 Å². The highest BCUT2D eigenvalue weighted by molar-refractivity contribution is 9.10. The Kier molecular flexibility index (Phi) is 9.49. The number of hydrogen-bond acceptors (Lipinski definition) is 4. The number of hydrazone groups is 1. The lowest BCUT2D eigenvalue weighted by atomic mass is 10.2. The van der Waals surface area contributed by atoms with Gasteiger partial charge in [0.25, 0.3) is 0 Å². The van der Waals surface area contributed by atoms with Crippen LogP contribution in [0.4, 0.5) is 18.9 Å². The van der Waals surface area contributed by atoms with E-state index in [-0.39, 0.29) is 18.5 Å². The van der Waals surface area contributed by atoms with Crippen LogP contribution < -0.4 is 15.5 Å². The molecule has 3 aromatic rings. The summed E-state index contributed by atoms with van der Waals surface area (Å²) in [7, 11) is 0. The lowest BCUT2D eigenvalue weighted by molar-refractivity contribution is -0.137. The van der Waals surface area contributed by atoms with E-state index < -0.39 is 23.6 Å². The smallest absolute Gasteiger partial charge is 0.416 e. The molecule has 11 heteroatoms. The molecule has 2 amide bonds. The number of nitrogens with one attached hydrogen (secondary N) is 2. The van der Waals surface area contributed by atoms with Gasteiger partial charge in [-0.3, -0.25) is 9.59 Å². The van der Waals surface area contributed by atoms with Crippen molar-refractivity contribution in [1.29, 1.82) is 0 Å². The molecule has 0 aliphatic rings. The molecular formula is C25H20BrClF3N3O3. The highest BCUT2D eigenvalue weighted by Crippen LogP contribution is 2.31. The Morgan fingerprint density at radius 1 is 1.00 bits per heavy atom. The van der Waals surface area contributed by atoms with Crippen molar-refractivity contribution in [2.45, 2.75) is 25.6 Å². The summed E-state index contributed by atoms with van der Waals surface area (Å²) in [4.78, 5) is 23.9. The van der Waals surface area contributed by atoms with E-state index in [0.29, 0.717) is 27.4 Å². The third-order valence-corrected chi connectivity index (χ3v) is 5.74. The summed E-state index contributed by atoms with van der Waals surface area (Å²) in [6, 6.07) is 16.8. The maximum absolute atomic E-state index is 12.8. The second-order valence-electron chi connectivity index (χ2n) is 7.49. The first-order chi connectivity index (χ1) is 17.1. The van der Waals surface area contributed by atoms with Gasteiger partial charge in [-0.25, -0.2) is 5.43 Å². The summed E-state index contributed by atoms with van der Waals surface area (Å²) in [6.07, 6.45) is -3.51. The van der Waals surface area contributed by atoms with Crippen LogP contribution in [-0.2, 0) is 22.4 Å². The number of carbonyl (C=O) groups is 2. The van der Waals surface area contributed by atoms with Crippen LogP contribution in [0.1, 0.15) is 29.5 Å². The van der Waals surface area contributed by atoms with Crippen LogP contribution in [0.15, 0.2) is 76.3 Å². The average molecular weight is 583 g/mol. The standard InChI is InChI=1S/C25H20BrClF3N3O3/c26-20-12-16(8-9-22(20)36-15-17-4-1-2-7-21(17)27)14-31-33-24(35)11-10-23(34)32-19-6-3-5-18(13-19)25(28,29)30/h1-9,12-14H,10-11,15H2,(H,32,34)(H,33,35). The van der Waals surface area contributed by atoms with Gasteiger partial charge in [-0.1, -0.05) is 35.9 Å². The number of benzene rings is 3. The lowest BCUT2D eigenvalue weighted by Crippen LogP contribution is -2.20. The van der Waals surface area contributed by atoms with Gasteiger partial charge in [0, 0.05) is 29.1 Å². The molecule has 0 saturated carbocycles. The molecule has 0 heterocycles. The van der Waals surface area contributed by atoms with E-state index >= 15 is 0 Å². The monoisotopic (exact) mass is 581 g/mol. The minimum absolute atomic E-state index is 0.00174. The average Bonchev–Trinajstić information content (AvgIpc) is 2.83. The van der Waals surface area contributed by atoms with Crippen molar-refractivity contribution < 1.29 is 27.5 Å². The normalized spacial score (nSPS) is 11.4. The first-order valence-corrected chi connectivity index (χ1v) is 11.7. The van der Waals surface area contributed by atoms with Crippen LogP contribution in [0.3, 0.4) is 0 Å². The molecule has 0 aromatic heterocycles. The lowest BCUT2D eigenvalue weighted by Gasteiger charge is -2.10. The van der Waals surface area contributed by atoms with E-state index in [0.717, 1.165) is 17.7 Å². The SMILES string of the molecule is O=C(CCC(=O)Nc1cccc(C(F)(F)F)c1)NN=Cc1ccc(OCc2ccccc2Cl)c(Br)c1. The molecule has 0 aliphatic carbocycles. The Bertz CT molecular complexity index is 1270. The van der Waals surface area contributed by atoms with Gasteiger partial charge in [0.2, 0.25) is 11.8 Å². The predicted octanol–water partition coefficient (Wildman–Crippen LogP) is 6.57. The zero-order valence-corrected chi connectivity index (χ0v) is 21.0. The number of alkyl halides is 3. The van der Waals surface area contributed by atoms with Gasteiger partial charge < -0.3 is 10.1 Å². The molecule has 0 spiro atoms. The van der Waals surface area contributed by atoms with Crippen LogP contribution in [0, 0.1) is 0 Å². The number of rotatable bonds is 9. The number of nitrogens with zero attached hydrogens (tertiary/aromatic N) is 1. The molecule has 3 rings (SSSR count). The molecule has 2 N–H and O–H groups in total. The van der Waals surface area contributed by atoms with E-state index in [9.17, 15) is 22.8 Å². The molecule has 0 atom stereocenters. The van der Waals surface area contributed by atoms with Crippen molar-refractivity contribution in [3.63, 3.8) is 0 Å². The summed E-state index contributed by atoms with van der Waals surface area (Å²) in [5.41, 5.74) is 2.95. The molecule has 188 valence electrons. The summed E-state index contributed by atoms with van der Waals surface area (Å²) < 4.78 is 44.7. The maximum atomic E-state index is 12.8. The fourth-order valence-electron chi connectivity index (χ4n) is 2.94. The topological polar surface area (TPSA) is 79.8 Å². The third-order valence-electron chi connectivity index (χ3n) is 4.75. The van der Waals surface area contributed by atoms with Crippen LogP contribution in [0.25, 0.3) is 0 Å². The van der Waals surface area contributed by atoms with Gasteiger partial charge in [0.1, 0.15) is 12.4 Å². The highest BCUT2D eigenvalue weighted by atomic mass is 79.9. The fraction of sp³-hybridized carbons (Fsp3) is 0.160. The minimum atomic E-state index is -4.52. The predicted molar refractivity (Wildman–Crippen MR) is 135 cm³/mol. The van der Waals surface area contributed by atoms with Crippen molar-refractivity contribution in [1.82, 2.24) is 5.43 Å². The number of amides is 2. The van der Waals surface area contributed by atoms with Gasteiger partial charge >= 0.3 is 6.18 Å². The summed E-state index contributed by atoms with van der Waals surface area (Å²) in [5, 5.41) is 6.82. The Hall–Kier alpha value is -3.37. The van der Waals surface area contributed by atoms with Gasteiger partial charge in [0.05, 0.1) is 16.3 Å². The van der Waals surface area contributed by atoms with Crippen LogP contribution in [0.2, 0.25) is 5.02 Å². The number of ether oxygens (including phenoxy) is 1. The van der Waals surface area contributed by atoms with Gasteiger partial charge in [0.15, 0.2) is 0 Å². The molecule has 0 fully saturated rings. The van der Waals surface area contributed by atoms with Gasteiger partial charge in [-0.2, -0.15) is 18.3 Å². The van der Waals surface area contributed by atoms with Crippen LogP contribution in [0.5, 0.6) is 5.75 Å². The maximum Gasteiger partial charge on any atom is 0.416 e. The first kappa shape index (κ1) is 27.2. The number of hydrogen-bond donors (Lipinski definition) is 2. The van der Waals surface area contributed by atoms with Crippen molar-refractivity contribution >= 4 is 51.2 Å². The fourth-order valence-corrected chi connectivity index (χ4v) is 3.65. The van der Waals surface area contributed by atoms with E-state index in [2.05, 4.69) is 31.8 Å². The largest absolute Gasteiger partial charge is 0.488 e. The number of anilines is 1. The summed E-state index contributed by atoms with van der Waals surface area (Å²) in [5.74, 6) is -0.517. The Labute approximate surface area is 218 Å². The van der Waals surface area contributed by atoms with E-state index in [4.69, 9.17) is 16.3 Å². The van der Waals surface area contributed by atoms with Crippen molar-refractivity contribution in [2.24, 2.45) is 5.10 Å². The second-order valence-corrected chi connectivity index (χ2v) is 8.75. The highest BCUT2D eigenvalue weighted by Gasteiger charge is 2.30. The molecule has 0 radical (unpaired) electrons. The van der Waals surface area contributed by atoms with Gasteiger partial charge in [-0.15, -0.1) is 0 Å². The summed E-state index contributed by atoms with van der Waals surface area (Å²) in [6.45, 7) is 0.295. The Balaban J connectivity index is 1.44. The molecule has 6 nitrogen and oxygen atoms in total. The second kappa shape index (κ2) is 12.5. The zero-order chi connectivity index (χ0) is 26.1. The van der Waals surface area contributed by atoms with Crippen molar-refractivity contribution in [2.75, 3.05) is 5.32 Å². The molecule has 36 heavy (non-hydrogen) atoms. The zero-order valence-electron chi connectivity index (χ0n) is 18.6. The Morgan fingerprint density at radius 2 is 1.75 bits per heavy atom. The number of halogens is 5. The first-order valence-electron chi connectivity index (χ1n) is 10.6. The third kappa shape index (κ3) is 8.39. The quantitative estimate of drug-likeness (QED) is 0.221. The molecule has 0 bridgehead atoms. The molecule has 0 saturated heterocycles. The Morgan fingerprint density at radius 3 is 2.47 bits per heavy atom. The molecular weight excluding hydrogens is 563 g/mol. The molecule has 0 unspecified atom stereocenters. The number of carbonyl (C=O) groups excluding carboxylic acids is 2. The summed E-state index contributed by atoms with van der Waals surface area (Å²) >= 11 is 9.56. The van der Waals surface area contributed by atoms with Gasteiger partial charge in [-0.05, 0) is 64.0 Å². The van der Waals surface area contributed by atoms with Crippen LogP contribution >= 0.6 is 27.5 Å². The van der Waals surface area contributed by atoms with E-state index in [1.54, 1.807) is 24.3 Å². The van der Waals surface area contributed by atoms with Crippen LogP contribution in [-0.4, -0.2) is 18.0 Å². The molecule has 0 aliphatic heterocycles. The van der Waals surface area contributed by atoms with Crippen molar-refractivity contribution in [3.05, 3.63) is 92.9 Å². The minimum Gasteiger partial charge on any atom is -0.488 e.